The number of carbonyl (C=O) groups is 1. The zero-order valence-corrected chi connectivity index (χ0v) is 14.2. The van der Waals surface area contributed by atoms with E-state index in [1.54, 1.807) is 17.2 Å². The van der Waals surface area contributed by atoms with Crippen LogP contribution in [-0.4, -0.2) is 47.1 Å². The van der Waals surface area contributed by atoms with Gasteiger partial charge in [0, 0.05) is 37.8 Å². The Balaban J connectivity index is 1.40. The van der Waals surface area contributed by atoms with E-state index in [4.69, 9.17) is 0 Å². The van der Waals surface area contributed by atoms with E-state index >= 15 is 0 Å². The van der Waals surface area contributed by atoms with Gasteiger partial charge in [-0.2, -0.15) is 0 Å². The van der Waals surface area contributed by atoms with E-state index in [2.05, 4.69) is 20.2 Å². The molecule has 1 saturated heterocycles. The molecule has 3 aromatic rings. The van der Waals surface area contributed by atoms with Gasteiger partial charge in [0.1, 0.15) is 5.82 Å². The summed E-state index contributed by atoms with van der Waals surface area (Å²) in [6, 6.07) is 4.50. The molecule has 1 aliphatic rings. The van der Waals surface area contributed by atoms with Crippen LogP contribution in [0.3, 0.4) is 0 Å². The first-order chi connectivity index (χ1) is 11.7. The summed E-state index contributed by atoms with van der Waals surface area (Å²) in [6.07, 6.45) is 1.66. The first-order valence-corrected chi connectivity index (χ1v) is 9.15. The van der Waals surface area contributed by atoms with Crippen molar-refractivity contribution in [1.29, 1.82) is 0 Å². The number of amides is 2. The number of nitrogens with one attached hydrogen (secondary N) is 1. The van der Waals surface area contributed by atoms with Crippen molar-refractivity contribution in [2.24, 2.45) is 0 Å². The lowest BCUT2D eigenvalue weighted by molar-refractivity contribution is 0.208. The van der Waals surface area contributed by atoms with E-state index in [0.717, 1.165) is 15.3 Å². The summed E-state index contributed by atoms with van der Waals surface area (Å²) < 4.78 is 14.1. The van der Waals surface area contributed by atoms with E-state index in [1.165, 1.54) is 34.8 Å². The number of benzene rings is 1. The van der Waals surface area contributed by atoms with Crippen molar-refractivity contribution in [3.05, 3.63) is 35.6 Å². The van der Waals surface area contributed by atoms with Gasteiger partial charge in [-0.1, -0.05) is 11.3 Å². The molecular weight excluding hydrogens is 349 g/mol. The van der Waals surface area contributed by atoms with Crippen LogP contribution in [0.25, 0.3) is 10.2 Å². The predicted molar refractivity (Wildman–Crippen MR) is 94.5 cm³/mol. The maximum Gasteiger partial charge on any atom is 0.323 e. The number of piperazine rings is 1. The Morgan fingerprint density at radius 3 is 2.83 bits per heavy atom. The number of anilines is 2. The number of thiazole rings is 2. The van der Waals surface area contributed by atoms with Crippen LogP contribution in [0.5, 0.6) is 0 Å². The lowest BCUT2D eigenvalue weighted by atomic mass is 10.3. The molecule has 9 heteroatoms. The minimum absolute atomic E-state index is 0.129. The van der Waals surface area contributed by atoms with E-state index in [1.807, 2.05) is 5.38 Å². The van der Waals surface area contributed by atoms with Crippen molar-refractivity contribution in [2.75, 3.05) is 36.4 Å². The van der Waals surface area contributed by atoms with E-state index in [9.17, 15) is 9.18 Å². The third-order valence-electron chi connectivity index (χ3n) is 3.82. The second-order valence-corrected chi connectivity index (χ2v) is 7.25. The highest BCUT2D eigenvalue weighted by Gasteiger charge is 2.23. The smallest absolute Gasteiger partial charge is 0.323 e. The van der Waals surface area contributed by atoms with Gasteiger partial charge < -0.3 is 9.80 Å². The van der Waals surface area contributed by atoms with Crippen molar-refractivity contribution in [3.8, 4) is 0 Å². The van der Waals surface area contributed by atoms with E-state index in [0.29, 0.717) is 31.3 Å². The molecule has 0 bridgehead atoms. The zero-order valence-electron chi connectivity index (χ0n) is 12.6. The SMILES string of the molecule is O=C(Nc1nccs1)N1CCN(c2nc3ccc(F)cc3s2)CC1. The highest BCUT2D eigenvalue weighted by molar-refractivity contribution is 7.22. The van der Waals surface area contributed by atoms with Gasteiger partial charge in [0.2, 0.25) is 0 Å². The number of rotatable bonds is 2. The van der Waals surface area contributed by atoms with Crippen molar-refractivity contribution >= 4 is 49.2 Å². The molecule has 1 aliphatic heterocycles. The quantitative estimate of drug-likeness (QED) is 0.759. The number of carbonyl (C=O) groups excluding carboxylic acids is 1. The van der Waals surface area contributed by atoms with Crippen LogP contribution in [0.1, 0.15) is 0 Å². The summed E-state index contributed by atoms with van der Waals surface area (Å²) in [6.45, 7) is 2.63. The number of aromatic nitrogens is 2. The second kappa shape index (κ2) is 6.33. The molecule has 24 heavy (non-hydrogen) atoms. The first-order valence-electron chi connectivity index (χ1n) is 7.45. The first kappa shape index (κ1) is 15.3. The fourth-order valence-electron chi connectivity index (χ4n) is 2.58. The Morgan fingerprint density at radius 1 is 1.25 bits per heavy atom. The minimum atomic E-state index is -0.249. The van der Waals surface area contributed by atoms with Gasteiger partial charge in [0.15, 0.2) is 10.3 Å². The van der Waals surface area contributed by atoms with E-state index in [-0.39, 0.29) is 11.8 Å². The van der Waals surface area contributed by atoms with Crippen LogP contribution in [-0.2, 0) is 0 Å². The normalized spacial score (nSPS) is 15.0. The molecule has 0 atom stereocenters. The molecule has 1 N–H and O–H groups in total. The van der Waals surface area contributed by atoms with Gasteiger partial charge in [-0.3, -0.25) is 5.32 Å². The number of urea groups is 1. The molecule has 0 radical (unpaired) electrons. The van der Waals surface area contributed by atoms with E-state index < -0.39 is 0 Å². The van der Waals surface area contributed by atoms with Crippen molar-refractivity contribution < 1.29 is 9.18 Å². The fourth-order valence-corrected chi connectivity index (χ4v) is 4.14. The summed E-state index contributed by atoms with van der Waals surface area (Å²) in [4.78, 5) is 24.7. The highest BCUT2D eigenvalue weighted by Crippen LogP contribution is 2.29. The highest BCUT2D eigenvalue weighted by atomic mass is 32.1. The Kier molecular flexibility index (Phi) is 4.03. The summed E-state index contributed by atoms with van der Waals surface area (Å²) in [5.74, 6) is -0.249. The summed E-state index contributed by atoms with van der Waals surface area (Å²) in [5.41, 5.74) is 0.806. The molecule has 2 aromatic heterocycles. The van der Waals surface area contributed by atoms with Crippen molar-refractivity contribution in [2.45, 2.75) is 0 Å². The topological polar surface area (TPSA) is 61.4 Å². The average molecular weight is 363 g/mol. The Bertz CT molecular complexity index is 858. The molecule has 0 unspecified atom stereocenters. The van der Waals surface area contributed by atoms with Gasteiger partial charge >= 0.3 is 6.03 Å². The van der Waals surface area contributed by atoms with Crippen molar-refractivity contribution in [3.63, 3.8) is 0 Å². The number of fused-ring (bicyclic) bond motifs is 1. The summed E-state index contributed by atoms with van der Waals surface area (Å²) in [7, 11) is 0. The van der Waals surface area contributed by atoms with Crippen LogP contribution >= 0.6 is 22.7 Å². The van der Waals surface area contributed by atoms with Gasteiger partial charge in [0.25, 0.3) is 0 Å². The molecule has 0 saturated carbocycles. The van der Waals surface area contributed by atoms with Crippen molar-refractivity contribution in [1.82, 2.24) is 14.9 Å². The van der Waals surface area contributed by atoms with Crippen LogP contribution in [0.2, 0.25) is 0 Å². The molecule has 1 fully saturated rings. The van der Waals surface area contributed by atoms with Crippen LogP contribution in [0.15, 0.2) is 29.8 Å². The number of hydrogen-bond acceptors (Lipinski definition) is 6. The predicted octanol–water partition coefficient (Wildman–Crippen LogP) is 3.25. The molecular formula is C15H14FN5OS2. The molecule has 0 aliphatic carbocycles. The largest absolute Gasteiger partial charge is 0.345 e. The Labute approximate surface area is 145 Å². The monoisotopic (exact) mass is 363 g/mol. The molecule has 2 amide bonds. The molecule has 1 aromatic carbocycles. The Morgan fingerprint density at radius 2 is 2.08 bits per heavy atom. The van der Waals surface area contributed by atoms with Gasteiger partial charge in [-0.15, -0.1) is 11.3 Å². The molecule has 124 valence electrons. The maximum atomic E-state index is 13.3. The summed E-state index contributed by atoms with van der Waals surface area (Å²) >= 11 is 2.88. The lowest BCUT2D eigenvalue weighted by Gasteiger charge is -2.34. The minimum Gasteiger partial charge on any atom is -0.345 e. The van der Waals surface area contributed by atoms with Gasteiger partial charge in [-0.25, -0.2) is 19.2 Å². The van der Waals surface area contributed by atoms with Crippen LogP contribution in [0, 0.1) is 5.82 Å². The third kappa shape index (κ3) is 3.04. The zero-order chi connectivity index (χ0) is 16.5. The number of halogens is 1. The molecule has 6 nitrogen and oxygen atoms in total. The third-order valence-corrected chi connectivity index (χ3v) is 5.59. The lowest BCUT2D eigenvalue weighted by Crippen LogP contribution is -2.50. The van der Waals surface area contributed by atoms with Crippen LogP contribution in [0.4, 0.5) is 19.4 Å². The van der Waals surface area contributed by atoms with Gasteiger partial charge in [0.05, 0.1) is 10.2 Å². The average Bonchev–Trinajstić information content (AvgIpc) is 3.24. The Hall–Kier alpha value is -2.26. The number of nitrogens with zero attached hydrogens (tertiary/aromatic N) is 4. The standard InChI is InChI=1S/C15H14FN5OS2/c16-10-1-2-11-12(9-10)24-15(18-11)21-6-4-20(5-7-21)14(22)19-13-17-3-8-23-13/h1-3,8-9H,4-7H2,(H,17,19,22). The second-order valence-electron chi connectivity index (χ2n) is 5.35. The molecule has 3 heterocycles. The molecule has 4 rings (SSSR count). The van der Waals surface area contributed by atoms with Crippen LogP contribution < -0.4 is 10.2 Å². The summed E-state index contributed by atoms with van der Waals surface area (Å²) in [5, 5.41) is 6.10. The molecule has 0 spiro atoms. The fraction of sp³-hybridized carbons (Fsp3) is 0.267. The number of hydrogen-bond donors (Lipinski definition) is 1. The maximum absolute atomic E-state index is 13.3. The van der Waals surface area contributed by atoms with Gasteiger partial charge in [-0.05, 0) is 18.2 Å².